The third-order valence-corrected chi connectivity index (χ3v) is 11.2. The van der Waals surface area contributed by atoms with E-state index in [2.05, 4.69) is 141 Å². The summed E-state index contributed by atoms with van der Waals surface area (Å²) in [5.74, 6) is 9.72. The number of halogens is 1. The number of aromatic hydroxyl groups is 1. The van der Waals surface area contributed by atoms with Crippen LogP contribution >= 0.6 is 22.6 Å². The number of rotatable bonds is 5. The van der Waals surface area contributed by atoms with Gasteiger partial charge < -0.3 is 10.4 Å². The highest BCUT2D eigenvalue weighted by atomic mass is 127. The van der Waals surface area contributed by atoms with E-state index in [-0.39, 0.29) is 34.3 Å². The number of phenolic OH excluding ortho intramolecular Hbond substituents is 1. The van der Waals surface area contributed by atoms with Crippen molar-refractivity contribution in [3.63, 3.8) is 0 Å². The van der Waals surface area contributed by atoms with Gasteiger partial charge in [0, 0.05) is 48.1 Å². The zero-order valence-corrected chi connectivity index (χ0v) is 39.1. The number of nitrogens with one attached hydrogen (secondary N) is 1. The van der Waals surface area contributed by atoms with E-state index in [0.717, 1.165) is 53.7 Å². The lowest BCUT2D eigenvalue weighted by Crippen LogP contribution is -2.28. The monoisotopic (exact) mass is 895 g/mol. The molecule has 5 rings (SSSR count). The van der Waals surface area contributed by atoms with E-state index in [9.17, 15) is 14.7 Å². The molecule has 1 atom stereocenters. The summed E-state index contributed by atoms with van der Waals surface area (Å²) in [6, 6.07) is 25.5. The molecule has 0 aliphatic heterocycles. The molecule has 4 nitrogen and oxygen atoms in total. The molecule has 0 saturated heterocycles. The molecular weight excluding hydrogens is 838 g/mol. The van der Waals surface area contributed by atoms with Gasteiger partial charge in [-0.15, -0.1) is 6.42 Å². The summed E-state index contributed by atoms with van der Waals surface area (Å²) in [7, 11) is 0. The summed E-state index contributed by atoms with van der Waals surface area (Å²) >= 11 is 2.22. The second-order valence-electron chi connectivity index (χ2n) is 19.7. The summed E-state index contributed by atoms with van der Waals surface area (Å²) in [5, 5.41) is 14.9. The number of Topliss-reactive ketones (excluding diaryl/α,β-unsaturated/α-hetero) is 1. The molecule has 0 radical (unpaired) electrons. The van der Waals surface area contributed by atoms with Gasteiger partial charge in [0.25, 0.3) is 5.91 Å². The number of carbonyl (C=O) groups is 2. The van der Waals surface area contributed by atoms with Gasteiger partial charge in [-0.1, -0.05) is 131 Å². The van der Waals surface area contributed by atoms with Crippen LogP contribution in [0.2, 0.25) is 0 Å². The number of terminal acetylenes is 1. The Balaban J connectivity index is 1.77. The molecule has 0 saturated carbocycles. The molecule has 1 aliphatic carbocycles. The molecule has 59 heavy (non-hydrogen) atoms. The predicted octanol–water partition coefficient (Wildman–Crippen LogP) is 12.8. The fourth-order valence-corrected chi connectivity index (χ4v) is 7.95. The quantitative estimate of drug-likeness (QED) is 0.155. The van der Waals surface area contributed by atoms with Crippen LogP contribution in [0, 0.1) is 38.6 Å². The molecule has 0 heterocycles. The molecule has 2 N–H and O–H groups in total. The summed E-state index contributed by atoms with van der Waals surface area (Å²) in [6.07, 6.45) is 10.2. The molecule has 0 bridgehead atoms. The Labute approximate surface area is 366 Å². The van der Waals surface area contributed by atoms with E-state index in [4.69, 9.17) is 6.42 Å². The maximum atomic E-state index is 14.2. The van der Waals surface area contributed by atoms with Gasteiger partial charge in [-0.3, -0.25) is 9.59 Å². The van der Waals surface area contributed by atoms with Crippen molar-refractivity contribution in [2.45, 2.75) is 107 Å². The smallest absolute Gasteiger partial charge is 0.251 e. The molecule has 4 aromatic carbocycles. The van der Waals surface area contributed by atoms with Gasteiger partial charge in [-0.05, 0) is 140 Å². The Morgan fingerprint density at radius 2 is 1.14 bits per heavy atom. The van der Waals surface area contributed by atoms with Gasteiger partial charge in [0.2, 0.25) is 0 Å². The molecule has 1 amide bonds. The van der Waals surface area contributed by atoms with Gasteiger partial charge in [-0.25, -0.2) is 0 Å². The van der Waals surface area contributed by atoms with Gasteiger partial charge in [-0.2, -0.15) is 0 Å². The molecule has 4 aromatic rings. The maximum Gasteiger partial charge on any atom is 0.251 e. The first-order valence-electron chi connectivity index (χ1n) is 20.2. The van der Waals surface area contributed by atoms with Crippen LogP contribution in [0.4, 0.5) is 0 Å². The van der Waals surface area contributed by atoms with Crippen LogP contribution in [0.1, 0.15) is 151 Å². The van der Waals surface area contributed by atoms with E-state index in [1.54, 1.807) is 0 Å². The fourth-order valence-electron chi connectivity index (χ4n) is 7.28. The zero-order chi connectivity index (χ0) is 43.8. The van der Waals surface area contributed by atoms with E-state index in [1.165, 1.54) is 0 Å². The van der Waals surface area contributed by atoms with Crippen LogP contribution in [0.25, 0.3) is 5.57 Å². The van der Waals surface area contributed by atoms with Gasteiger partial charge in [0.05, 0.1) is 6.04 Å². The van der Waals surface area contributed by atoms with Crippen molar-refractivity contribution in [3.8, 4) is 29.9 Å². The van der Waals surface area contributed by atoms with Gasteiger partial charge in [0.15, 0.2) is 5.78 Å². The summed E-state index contributed by atoms with van der Waals surface area (Å²) in [5.41, 5.74) is 8.62. The lowest BCUT2D eigenvalue weighted by molar-refractivity contribution is -0.114. The topological polar surface area (TPSA) is 66.4 Å². The number of allylic oxidation sites excluding steroid dienone is 5. The Hall–Kier alpha value is -5.11. The number of carbonyl (C=O) groups excluding carboxylic acids is 2. The number of phenols is 1. The molecule has 0 fully saturated rings. The minimum absolute atomic E-state index is 0.0496. The zero-order valence-electron chi connectivity index (χ0n) is 37.0. The molecule has 304 valence electrons. The highest BCUT2D eigenvalue weighted by Crippen LogP contribution is 2.45. The van der Waals surface area contributed by atoms with Crippen molar-refractivity contribution in [2.24, 2.45) is 10.8 Å². The van der Waals surface area contributed by atoms with E-state index in [1.807, 2.05) is 85.8 Å². The maximum absolute atomic E-state index is 14.2. The first-order valence-corrected chi connectivity index (χ1v) is 21.3. The standard InChI is InChI=1S/C54H58INO3/c1-15-34-23-35(21-22-36-26-41(28-42(55)27-36)50(59)56-33(2)37-19-17-16-18-20-37)25-38(24-34)47(39-29-43(51(3,4)5)48(57)44(30-39)52(6,7)8)40-31-45(53(9,10)11)49(58)46(32-40)54(12,13)14/h1,16-20,23-33,57H,2-14H3,(H,56,59)/t33-/m1/s1. The average Bonchev–Trinajstić information content (AvgIpc) is 3.13. The highest BCUT2D eigenvalue weighted by Gasteiger charge is 2.35. The van der Waals surface area contributed by atoms with Crippen molar-refractivity contribution in [1.82, 2.24) is 5.32 Å². The molecule has 0 spiro atoms. The van der Waals surface area contributed by atoms with Gasteiger partial charge >= 0.3 is 0 Å². The van der Waals surface area contributed by atoms with E-state index >= 15 is 0 Å². The molecule has 0 unspecified atom stereocenters. The molecule has 1 aliphatic rings. The minimum atomic E-state index is -0.430. The van der Waals surface area contributed by atoms with E-state index in [0.29, 0.717) is 22.3 Å². The number of hydrogen-bond donors (Lipinski definition) is 2. The van der Waals surface area contributed by atoms with E-state index < -0.39 is 10.8 Å². The van der Waals surface area contributed by atoms with Crippen molar-refractivity contribution in [2.75, 3.05) is 0 Å². The summed E-state index contributed by atoms with van der Waals surface area (Å²) < 4.78 is 0.892. The molecule has 0 aromatic heterocycles. The number of hydrogen-bond acceptors (Lipinski definition) is 3. The number of ketones is 1. The minimum Gasteiger partial charge on any atom is -0.507 e. The van der Waals surface area contributed by atoms with Crippen LogP contribution in [0.15, 0.2) is 108 Å². The van der Waals surface area contributed by atoms with Crippen molar-refractivity contribution >= 4 is 39.9 Å². The lowest BCUT2D eigenvalue weighted by atomic mass is 9.70. The Bertz CT molecular complexity index is 2450. The largest absolute Gasteiger partial charge is 0.507 e. The molecule has 5 heteroatoms. The van der Waals surface area contributed by atoms with Crippen LogP contribution in [0.5, 0.6) is 5.75 Å². The van der Waals surface area contributed by atoms with Gasteiger partial charge in [0.1, 0.15) is 5.75 Å². The Kier molecular flexibility index (Phi) is 12.9. The summed E-state index contributed by atoms with van der Waals surface area (Å²) in [4.78, 5) is 27.6. The fraction of sp³-hybridized carbons (Fsp3) is 0.333. The van der Waals surface area contributed by atoms with Crippen LogP contribution < -0.4 is 5.32 Å². The molecular formula is C54H58INO3. The normalized spacial score (nSPS) is 14.1. The van der Waals surface area contributed by atoms with Crippen LogP contribution in [-0.2, 0) is 15.6 Å². The predicted molar refractivity (Wildman–Crippen MR) is 253 cm³/mol. The number of benzene rings is 4. The Morgan fingerprint density at radius 1 is 0.661 bits per heavy atom. The van der Waals surface area contributed by atoms with Crippen molar-refractivity contribution in [1.29, 1.82) is 0 Å². The van der Waals surface area contributed by atoms with Crippen molar-refractivity contribution < 1.29 is 14.7 Å². The van der Waals surface area contributed by atoms with Crippen LogP contribution in [-0.4, -0.2) is 16.8 Å². The third-order valence-electron chi connectivity index (χ3n) is 10.6. The SMILES string of the molecule is C#Cc1cc(C#Cc2cc(I)cc(C(=O)N[C@H](C)c3ccccc3)c2)cc(C(=C2C=C(C(C)(C)C)C(=O)C(C(C)(C)C)=C2)c2cc(C(C)(C)C)c(O)c(C(C)(C)C)c2)c1. The Morgan fingerprint density at radius 3 is 1.63 bits per heavy atom. The number of amides is 1. The van der Waals surface area contributed by atoms with Crippen molar-refractivity contribution in [3.05, 3.63) is 161 Å². The first kappa shape index (κ1) is 45.0. The first-order chi connectivity index (χ1) is 27.3. The second kappa shape index (κ2) is 16.9. The highest BCUT2D eigenvalue weighted by molar-refractivity contribution is 14.1. The average molecular weight is 896 g/mol. The third kappa shape index (κ3) is 10.6. The van der Waals surface area contributed by atoms with Crippen LogP contribution in [0.3, 0.4) is 0 Å². The second-order valence-corrected chi connectivity index (χ2v) is 21.0. The lowest BCUT2D eigenvalue weighted by Gasteiger charge is -2.32. The summed E-state index contributed by atoms with van der Waals surface area (Å²) in [6.45, 7) is 27.1.